The first-order chi connectivity index (χ1) is 6.27. The van der Waals surface area contributed by atoms with Gasteiger partial charge in [-0.2, -0.15) is 0 Å². The van der Waals surface area contributed by atoms with Gasteiger partial charge in [0.1, 0.15) is 5.82 Å². The van der Waals surface area contributed by atoms with E-state index in [1.807, 2.05) is 0 Å². The minimum atomic E-state index is -0.485. The van der Waals surface area contributed by atoms with E-state index in [1.54, 1.807) is 0 Å². The number of benzene rings is 1. The Morgan fingerprint density at radius 2 is 2.31 bits per heavy atom. The normalized spacial score (nSPS) is 9.00. The van der Waals surface area contributed by atoms with Crippen LogP contribution in [-0.2, 0) is 11.3 Å². The lowest BCUT2D eigenvalue weighted by Gasteiger charge is -1.99. The molecule has 0 aromatic heterocycles. The van der Waals surface area contributed by atoms with Crippen LogP contribution in [0.2, 0.25) is 0 Å². The van der Waals surface area contributed by atoms with Crippen LogP contribution in [0.15, 0.2) is 23.2 Å². The van der Waals surface area contributed by atoms with E-state index in [0.29, 0.717) is 11.8 Å². The monoisotopic (exact) mass is 179 g/mol. The van der Waals surface area contributed by atoms with Crippen molar-refractivity contribution in [2.45, 2.75) is 6.54 Å². The number of hydrogen-bond acceptors (Lipinski definition) is 3. The van der Waals surface area contributed by atoms with Gasteiger partial charge in [0.25, 0.3) is 0 Å². The molecule has 0 radical (unpaired) electrons. The Hall–Kier alpha value is -1.80. The molecule has 1 aromatic rings. The molecule has 0 atom stereocenters. The number of rotatable bonds is 3. The third-order valence-corrected chi connectivity index (χ3v) is 1.55. The summed E-state index contributed by atoms with van der Waals surface area (Å²) < 4.78 is 12.6. The second kappa shape index (κ2) is 4.28. The van der Waals surface area contributed by atoms with Crippen molar-refractivity contribution >= 4 is 12.4 Å². The molecule has 4 heteroatoms. The Morgan fingerprint density at radius 1 is 1.54 bits per heavy atom. The number of carbonyl (C=O) groups is 1. The molecule has 66 valence electrons. The van der Waals surface area contributed by atoms with E-state index in [1.165, 1.54) is 18.2 Å². The Balaban J connectivity index is 3.05. The van der Waals surface area contributed by atoms with E-state index >= 15 is 0 Å². The van der Waals surface area contributed by atoms with Crippen molar-refractivity contribution in [1.29, 1.82) is 0 Å². The van der Waals surface area contributed by atoms with Gasteiger partial charge in [0.15, 0.2) is 6.29 Å². The first-order valence-electron chi connectivity index (χ1n) is 3.55. The summed E-state index contributed by atoms with van der Waals surface area (Å²) in [6.07, 6.45) is 1.87. The number of isocyanates is 1. The topological polar surface area (TPSA) is 46.5 Å². The number of nitrogens with zero attached hydrogens (tertiary/aromatic N) is 1. The molecule has 0 spiro atoms. The first-order valence-corrected chi connectivity index (χ1v) is 3.55. The zero-order valence-corrected chi connectivity index (χ0v) is 6.66. The molecule has 0 aliphatic carbocycles. The minimum absolute atomic E-state index is 0.0534. The molecule has 0 bridgehead atoms. The number of halogens is 1. The van der Waals surface area contributed by atoms with E-state index in [2.05, 4.69) is 4.99 Å². The summed E-state index contributed by atoms with van der Waals surface area (Å²) >= 11 is 0. The fourth-order valence-corrected chi connectivity index (χ4v) is 0.937. The average Bonchev–Trinajstić information content (AvgIpc) is 2.16. The molecule has 0 fully saturated rings. The van der Waals surface area contributed by atoms with E-state index in [9.17, 15) is 14.0 Å². The van der Waals surface area contributed by atoms with Gasteiger partial charge in [0.2, 0.25) is 6.08 Å². The smallest absolute Gasteiger partial charge is 0.235 e. The largest absolute Gasteiger partial charge is 0.298 e. The van der Waals surface area contributed by atoms with Gasteiger partial charge in [-0.1, -0.05) is 6.07 Å². The highest BCUT2D eigenvalue weighted by Gasteiger charge is 2.01. The van der Waals surface area contributed by atoms with Crippen molar-refractivity contribution in [1.82, 2.24) is 0 Å². The standard InChI is InChI=1S/C9H6FNO2/c10-9-2-1-7(4-11-6-13)8(3-9)5-12/h1-3,5H,4H2. The van der Waals surface area contributed by atoms with Gasteiger partial charge in [-0.05, 0) is 17.7 Å². The van der Waals surface area contributed by atoms with Crippen LogP contribution >= 0.6 is 0 Å². The zero-order valence-electron chi connectivity index (χ0n) is 6.66. The Kier molecular flexibility index (Phi) is 3.06. The van der Waals surface area contributed by atoms with Crippen molar-refractivity contribution in [3.05, 3.63) is 35.1 Å². The summed E-state index contributed by atoms with van der Waals surface area (Å²) in [6, 6.07) is 3.73. The fraction of sp³-hybridized carbons (Fsp3) is 0.111. The Morgan fingerprint density at radius 3 is 2.92 bits per heavy atom. The molecule has 0 amide bonds. The lowest BCUT2D eigenvalue weighted by atomic mass is 10.1. The Labute approximate surface area is 73.9 Å². The summed E-state index contributed by atoms with van der Waals surface area (Å²) in [5, 5.41) is 0. The summed E-state index contributed by atoms with van der Waals surface area (Å²) in [4.78, 5) is 23.5. The molecule has 13 heavy (non-hydrogen) atoms. The second-order valence-electron chi connectivity index (χ2n) is 2.37. The molecule has 3 nitrogen and oxygen atoms in total. The van der Waals surface area contributed by atoms with Crippen LogP contribution in [0.3, 0.4) is 0 Å². The van der Waals surface area contributed by atoms with Crippen LogP contribution in [-0.4, -0.2) is 12.4 Å². The maximum Gasteiger partial charge on any atom is 0.235 e. The van der Waals surface area contributed by atoms with Crippen molar-refractivity contribution < 1.29 is 14.0 Å². The maximum atomic E-state index is 12.6. The number of hydrogen-bond donors (Lipinski definition) is 0. The van der Waals surface area contributed by atoms with Crippen molar-refractivity contribution in [2.24, 2.45) is 4.99 Å². The fourth-order valence-electron chi connectivity index (χ4n) is 0.937. The Bertz CT molecular complexity index is 370. The van der Waals surface area contributed by atoms with E-state index in [0.717, 1.165) is 6.07 Å². The first kappa shape index (κ1) is 9.29. The van der Waals surface area contributed by atoms with Gasteiger partial charge in [-0.15, -0.1) is 0 Å². The third kappa shape index (κ3) is 2.32. The molecular weight excluding hydrogens is 173 g/mol. The molecule has 0 saturated carbocycles. The number of carbonyl (C=O) groups excluding carboxylic acids is 2. The van der Waals surface area contributed by atoms with Crippen molar-refractivity contribution in [3.63, 3.8) is 0 Å². The third-order valence-electron chi connectivity index (χ3n) is 1.55. The van der Waals surface area contributed by atoms with Gasteiger partial charge in [-0.25, -0.2) is 14.2 Å². The lowest BCUT2D eigenvalue weighted by molar-refractivity contribution is 0.112. The maximum absolute atomic E-state index is 12.6. The molecule has 0 N–H and O–H groups in total. The van der Waals surface area contributed by atoms with Crippen LogP contribution in [0.1, 0.15) is 15.9 Å². The lowest BCUT2D eigenvalue weighted by Crippen LogP contribution is -1.92. The minimum Gasteiger partial charge on any atom is -0.298 e. The summed E-state index contributed by atoms with van der Waals surface area (Å²) in [6.45, 7) is 0.0534. The van der Waals surface area contributed by atoms with E-state index in [4.69, 9.17) is 0 Å². The molecule has 0 unspecified atom stereocenters. The highest BCUT2D eigenvalue weighted by molar-refractivity contribution is 5.77. The van der Waals surface area contributed by atoms with E-state index < -0.39 is 5.82 Å². The van der Waals surface area contributed by atoms with Gasteiger partial charge >= 0.3 is 0 Å². The predicted octanol–water partition coefficient (Wildman–Crippen LogP) is 1.47. The van der Waals surface area contributed by atoms with Crippen LogP contribution in [0.5, 0.6) is 0 Å². The summed E-state index contributed by atoms with van der Waals surface area (Å²) in [7, 11) is 0. The van der Waals surface area contributed by atoms with Crippen LogP contribution in [0.25, 0.3) is 0 Å². The van der Waals surface area contributed by atoms with Crippen LogP contribution < -0.4 is 0 Å². The van der Waals surface area contributed by atoms with Gasteiger partial charge in [0, 0.05) is 5.56 Å². The van der Waals surface area contributed by atoms with Crippen LogP contribution in [0, 0.1) is 5.82 Å². The highest BCUT2D eigenvalue weighted by atomic mass is 19.1. The molecule has 0 aliphatic heterocycles. The van der Waals surface area contributed by atoms with Gasteiger partial charge < -0.3 is 0 Å². The molecule has 0 saturated heterocycles. The second-order valence-corrected chi connectivity index (χ2v) is 2.37. The van der Waals surface area contributed by atoms with Crippen molar-refractivity contribution in [2.75, 3.05) is 0 Å². The molecular formula is C9H6FNO2. The number of aliphatic imine (C=N–C) groups is 1. The van der Waals surface area contributed by atoms with E-state index in [-0.39, 0.29) is 12.1 Å². The molecule has 1 aromatic carbocycles. The number of aldehydes is 1. The quantitative estimate of drug-likeness (QED) is 0.400. The summed E-state index contributed by atoms with van der Waals surface area (Å²) in [5.74, 6) is -0.485. The highest BCUT2D eigenvalue weighted by Crippen LogP contribution is 2.10. The predicted molar refractivity (Wildman–Crippen MR) is 43.6 cm³/mol. The molecule has 0 heterocycles. The molecule has 0 aliphatic rings. The van der Waals surface area contributed by atoms with Gasteiger partial charge in [-0.3, -0.25) is 4.79 Å². The van der Waals surface area contributed by atoms with Crippen LogP contribution in [0.4, 0.5) is 4.39 Å². The zero-order chi connectivity index (χ0) is 9.68. The van der Waals surface area contributed by atoms with Crippen molar-refractivity contribution in [3.8, 4) is 0 Å². The average molecular weight is 179 g/mol. The van der Waals surface area contributed by atoms with Gasteiger partial charge in [0.05, 0.1) is 6.54 Å². The summed E-state index contributed by atoms with van der Waals surface area (Å²) in [5.41, 5.74) is 0.721. The SMILES string of the molecule is O=C=NCc1ccc(F)cc1C=O. The molecule has 1 rings (SSSR count).